The van der Waals surface area contributed by atoms with E-state index in [0.29, 0.717) is 22.6 Å². The summed E-state index contributed by atoms with van der Waals surface area (Å²) in [7, 11) is 0. The number of aliphatic hydroxyl groups excluding tert-OH is 1. The molecular weight excluding hydrogens is 957 g/mol. The molecule has 16 nitrogen and oxygen atoms in total. The number of ether oxygens (including phenoxy) is 3. The Hall–Kier alpha value is -6.12. The molecule has 0 saturated carbocycles. The Labute approximate surface area is 411 Å². The summed E-state index contributed by atoms with van der Waals surface area (Å²) in [6, 6.07) is 10.4. The van der Waals surface area contributed by atoms with E-state index in [4.69, 9.17) is 26.4 Å². The second-order valence-corrected chi connectivity index (χ2v) is 19.6. The van der Waals surface area contributed by atoms with Crippen molar-refractivity contribution in [1.82, 2.24) is 25.5 Å². The number of amides is 4. The van der Waals surface area contributed by atoms with Gasteiger partial charge in [-0.05, 0) is 74.2 Å². The Balaban J connectivity index is 0.923. The molecule has 2 saturated heterocycles. The number of β-amino-alcohol motifs (C(OH)–C–C–N with tert-alkyl or cyclic N) is 1. The summed E-state index contributed by atoms with van der Waals surface area (Å²) in [6.45, 7) is 12.4. The number of rotatable bonds is 18. The average molecular weight is 1010 g/mol. The Morgan fingerprint density at radius 1 is 1.03 bits per heavy atom. The maximum absolute atomic E-state index is 15.4. The van der Waals surface area contributed by atoms with Gasteiger partial charge in [-0.3, -0.25) is 24.1 Å². The van der Waals surface area contributed by atoms with Gasteiger partial charge in [-0.1, -0.05) is 45.0 Å². The Kier molecular flexibility index (Phi) is 16.6. The molecule has 4 aromatic rings. The number of aliphatic hydroxyl groups is 1. The molecule has 3 atom stereocenters. The number of nitrogens with zero attached hydrogens (tertiary/aromatic N) is 6. The number of anilines is 2. The lowest BCUT2D eigenvalue weighted by Gasteiger charge is -2.35. The van der Waals surface area contributed by atoms with Crippen molar-refractivity contribution in [2.24, 2.45) is 5.41 Å². The summed E-state index contributed by atoms with van der Waals surface area (Å²) in [5.41, 5.74) is -0.208. The maximum atomic E-state index is 15.4. The molecular formula is C48H54F4N8O8S2. The molecule has 0 unspecified atom stereocenters. The molecule has 3 N–H and O–H groups in total. The Morgan fingerprint density at radius 3 is 2.36 bits per heavy atom. The van der Waals surface area contributed by atoms with E-state index in [1.54, 1.807) is 50.6 Å². The largest absolute Gasteiger partial charge is 0.478 e. The van der Waals surface area contributed by atoms with Gasteiger partial charge in [-0.25, -0.2) is 14.4 Å². The Bertz CT molecular complexity index is 2650. The first-order valence-electron chi connectivity index (χ1n) is 22.2. The number of thiazole rings is 1. The molecule has 374 valence electrons. The summed E-state index contributed by atoms with van der Waals surface area (Å²) in [5, 5.41) is 25.1. The highest BCUT2D eigenvalue weighted by Gasteiger charge is 2.52. The third kappa shape index (κ3) is 11.9. The van der Waals surface area contributed by atoms with Crippen LogP contribution in [0.1, 0.15) is 75.4 Å². The molecule has 2 aliphatic rings. The predicted molar refractivity (Wildman–Crippen MR) is 255 cm³/mol. The number of carbonyl (C=O) groups is 4. The standard InChI is InChI=1S/C48H54F4N8O8S2/c1-27-19-37(54-23-35(27)60-45(69)59(44(65)47(60,6)7)33-14-13-31(21-53)38(39(33)49)48(50,51)52)68-16-8-15-66-17-18-67-25-36(62)57-41(46(3,4)5)43(64)58-24-32(61)20-34(58)42(63)55-22-29-9-11-30(12-10-29)40-28(2)56-26-70-40/h9-14,19,23,26,32,34,41,61H,8,15-18,20,22,24-25H2,1-7H3,(H,55,63)(H,57,62)/t32-,34+,41-/m1/s1. The summed E-state index contributed by atoms with van der Waals surface area (Å²) in [4.78, 5) is 67.1. The molecule has 22 heteroatoms. The van der Waals surface area contributed by atoms with Gasteiger partial charge in [0, 0.05) is 38.6 Å². The molecule has 0 radical (unpaired) electrons. The normalized spacial score (nSPS) is 17.4. The summed E-state index contributed by atoms with van der Waals surface area (Å²) >= 11 is 7.08. The fraction of sp³-hybridized carbons (Fsp3) is 0.458. The van der Waals surface area contributed by atoms with Crippen molar-refractivity contribution in [1.29, 1.82) is 5.26 Å². The first-order chi connectivity index (χ1) is 32.9. The number of alkyl halides is 3. The van der Waals surface area contributed by atoms with Crippen LogP contribution in [-0.2, 0) is 41.4 Å². The third-order valence-corrected chi connectivity index (χ3v) is 13.1. The van der Waals surface area contributed by atoms with Crippen molar-refractivity contribution in [3.8, 4) is 22.4 Å². The van der Waals surface area contributed by atoms with Gasteiger partial charge in [0.15, 0.2) is 10.9 Å². The predicted octanol–water partition coefficient (Wildman–Crippen LogP) is 6.38. The summed E-state index contributed by atoms with van der Waals surface area (Å²) in [5.74, 6) is -3.82. The minimum atomic E-state index is -5.21. The van der Waals surface area contributed by atoms with Crippen molar-refractivity contribution < 1.29 is 56.1 Å². The lowest BCUT2D eigenvalue weighted by Crippen LogP contribution is -2.58. The number of halogens is 4. The number of nitrogens with one attached hydrogen (secondary N) is 2. The highest BCUT2D eigenvalue weighted by molar-refractivity contribution is 7.81. The van der Waals surface area contributed by atoms with Crippen LogP contribution < -0.4 is 25.2 Å². The zero-order valence-corrected chi connectivity index (χ0v) is 41.2. The van der Waals surface area contributed by atoms with Crippen LogP contribution in [0.3, 0.4) is 0 Å². The average Bonchev–Trinajstić information content (AvgIpc) is 3.96. The number of nitriles is 1. The number of thiocarbonyl (C=S) groups is 1. The van der Waals surface area contributed by atoms with E-state index in [2.05, 4.69) is 20.6 Å². The van der Waals surface area contributed by atoms with Gasteiger partial charge in [-0.2, -0.15) is 18.4 Å². The van der Waals surface area contributed by atoms with Crippen molar-refractivity contribution >= 4 is 63.7 Å². The highest BCUT2D eigenvalue weighted by atomic mass is 32.1. The third-order valence-electron chi connectivity index (χ3n) is 11.7. The van der Waals surface area contributed by atoms with Gasteiger partial charge in [0.1, 0.15) is 29.8 Å². The SMILES string of the molecule is Cc1cc(OCCCOCCOCC(=O)N[C@H](C(=O)N2C[C@H](O)C[C@H]2C(=O)NCc2ccc(-c3scnc3C)cc2)C(C)(C)C)ncc1N1C(=S)N(c2ccc(C#N)c(C(F)(F)F)c2F)C(=O)C1(C)C. The molecule has 70 heavy (non-hydrogen) atoms. The number of likely N-dealkylation sites (tertiary alicyclic amines) is 1. The first-order valence-corrected chi connectivity index (χ1v) is 23.5. The lowest BCUT2D eigenvalue weighted by molar-refractivity contribution is -0.144. The zero-order chi connectivity index (χ0) is 51.3. The van der Waals surface area contributed by atoms with Gasteiger partial charge in [0.2, 0.25) is 23.6 Å². The van der Waals surface area contributed by atoms with E-state index in [1.165, 1.54) is 35.9 Å². The van der Waals surface area contributed by atoms with E-state index < -0.39 is 81.6 Å². The number of aromatic nitrogens is 2. The smallest absolute Gasteiger partial charge is 0.420 e. The minimum Gasteiger partial charge on any atom is -0.478 e. The summed E-state index contributed by atoms with van der Waals surface area (Å²) < 4.78 is 73.6. The molecule has 4 heterocycles. The van der Waals surface area contributed by atoms with Gasteiger partial charge in [0.25, 0.3) is 5.91 Å². The lowest BCUT2D eigenvalue weighted by atomic mass is 9.85. The highest BCUT2D eigenvalue weighted by Crippen LogP contribution is 2.43. The topological polar surface area (TPSA) is 200 Å². The fourth-order valence-electron chi connectivity index (χ4n) is 8.06. The van der Waals surface area contributed by atoms with E-state index in [0.717, 1.165) is 33.8 Å². The molecule has 2 aromatic carbocycles. The van der Waals surface area contributed by atoms with Crippen LogP contribution >= 0.6 is 23.6 Å². The number of benzene rings is 2. The number of pyridine rings is 1. The second-order valence-electron chi connectivity index (χ2n) is 18.4. The number of hydrogen-bond donors (Lipinski definition) is 3. The van der Waals surface area contributed by atoms with Crippen LogP contribution in [-0.4, -0.2) is 112 Å². The number of aryl methyl sites for hydroxylation is 2. The molecule has 0 bridgehead atoms. The van der Waals surface area contributed by atoms with Crippen LogP contribution in [0, 0.1) is 36.4 Å². The molecule has 2 fully saturated rings. The van der Waals surface area contributed by atoms with Crippen LogP contribution in [0.15, 0.2) is 54.2 Å². The maximum Gasteiger partial charge on any atom is 0.420 e. The minimum absolute atomic E-state index is 0.0548. The van der Waals surface area contributed by atoms with E-state index in [9.17, 15) is 42.7 Å². The van der Waals surface area contributed by atoms with Crippen molar-refractivity contribution in [2.45, 2.75) is 97.8 Å². The van der Waals surface area contributed by atoms with Gasteiger partial charge in [0.05, 0.1) is 71.2 Å². The zero-order valence-electron chi connectivity index (χ0n) is 39.6. The van der Waals surface area contributed by atoms with Crippen molar-refractivity contribution in [2.75, 3.05) is 49.4 Å². The monoisotopic (exact) mass is 1010 g/mol. The van der Waals surface area contributed by atoms with Crippen molar-refractivity contribution in [3.05, 3.63) is 87.9 Å². The van der Waals surface area contributed by atoms with Crippen molar-refractivity contribution in [3.63, 3.8) is 0 Å². The molecule has 6 rings (SSSR count). The van der Waals surface area contributed by atoms with Crippen LogP contribution in [0.25, 0.3) is 10.4 Å². The molecule has 0 spiro atoms. The molecule has 4 amide bonds. The van der Waals surface area contributed by atoms with Crippen LogP contribution in [0.2, 0.25) is 0 Å². The fourth-order valence-corrected chi connectivity index (χ4v) is 9.38. The molecule has 2 aliphatic heterocycles. The Morgan fingerprint density at radius 2 is 1.73 bits per heavy atom. The summed E-state index contributed by atoms with van der Waals surface area (Å²) in [6.07, 6.45) is -4.25. The van der Waals surface area contributed by atoms with Crippen LogP contribution in [0.5, 0.6) is 5.88 Å². The second kappa shape index (κ2) is 21.9. The van der Waals surface area contributed by atoms with Gasteiger partial charge in [-0.15, -0.1) is 11.3 Å². The van der Waals surface area contributed by atoms with Gasteiger partial charge >= 0.3 is 6.18 Å². The molecule has 0 aliphatic carbocycles. The quantitative estimate of drug-likeness (QED) is 0.0564. The van der Waals surface area contributed by atoms with Crippen LogP contribution in [0.4, 0.5) is 28.9 Å². The van der Waals surface area contributed by atoms with E-state index in [1.807, 2.05) is 31.2 Å². The van der Waals surface area contributed by atoms with E-state index in [-0.39, 0.29) is 63.5 Å². The molecule has 2 aromatic heterocycles. The first kappa shape index (κ1) is 53.2. The number of carbonyl (C=O) groups excluding carboxylic acids is 4. The van der Waals surface area contributed by atoms with Gasteiger partial charge < -0.3 is 39.8 Å². The number of hydrogen-bond acceptors (Lipinski definition) is 13. The van der Waals surface area contributed by atoms with E-state index >= 15 is 4.39 Å².